The van der Waals surface area contributed by atoms with Crippen molar-refractivity contribution < 1.29 is 17.9 Å². The van der Waals surface area contributed by atoms with Crippen LogP contribution in [0.2, 0.25) is 0 Å². The second-order valence-electron chi connectivity index (χ2n) is 7.03. The lowest BCUT2D eigenvalue weighted by atomic mass is 10.2. The molecule has 0 radical (unpaired) electrons. The summed E-state index contributed by atoms with van der Waals surface area (Å²) in [5, 5.41) is 8.65. The summed E-state index contributed by atoms with van der Waals surface area (Å²) in [5.41, 5.74) is 1.05. The van der Waals surface area contributed by atoms with Crippen molar-refractivity contribution in [3.05, 3.63) is 36.0 Å². The highest BCUT2D eigenvalue weighted by Gasteiger charge is 2.30. The lowest BCUT2D eigenvalue weighted by molar-refractivity contribution is 0.378. The highest BCUT2D eigenvalue weighted by atomic mass is 32.2. The summed E-state index contributed by atoms with van der Waals surface area (Å²) in [7, 11) is -0.633. The molecule has 28 heavy (non-hydrogen) atoms. The molecule has 0 atom stereocenters. The molecule has 1 aromatic carbocycles. The quantitative estimate of drug-likeness (QED) is 0.727. The molecule has 0 spiro atoms. The van der Waals surface area contributed by atoms with Gasteiger partial charge < -0.3 is 14.4 Å². The number of sulfonamides is 1. The van der Waals surface area contributed by atoms with Crippen LogP contribution in [0.4, 0.5) is 5.82 Å². The van der Waals surface area contributed by atoms with Gasteiger partial charge in [-0.2, -0.15) is 9.40 Å². The summed E-state index contributed by atoms with van der Waals surface area (Å²) >= 11 is 0. The number of ether oxygens (including phenoxy) is 2. The highest BCUT2D eigenvalue weighted by Crippen LogP contribution is 2.38. The second kappa shape index (κ2) is 7.56. The van der Waals surface area contributed by atoms with Crippen LogP contribution in [0, 0.1) is 0 Å². The molecule has 0 unspecified atom stereocenters. The van der Waals surface area contributed by atoms with Crippen LogP contribution in [0.25, 0.3) is 0 Å². The number of methoxy groups -OCH3 is 2. The monoisotopic (exact) mass is 404 g/mol. The molecule has 0 amide bonds. The average molecular weight is 404 g/mol. The third kappa shape index (κ3) is 3.77. The van der Waals surface area contributed by atoms with Gasteiger partial charge >= 0.3 is 0 Å². The Morgan fingerprint density at radius 1 is 0.929 bits per heavy atom. The van der Waals surface area contributed by atoms with Gasteiger partial charge in [0.2, 0.25) is 10.0 Å². The summed E-state index contributed by atoms with van der Waals surface area (Å²) in [5.74, 6) is 2.26. The molecule has 2 heterocycles. The fourth-order valence-electron chi connectivity index (χ4n) is 3.34. The number of hydrogen-bond donors (Lipinski definition) is 0. The van der Waals surface area contributed by atoms with E-state index in [1.54, 1.807) is 6.07 Å². The maximum atomic E-state index is 13.1. The zero-order valence-corrected chi connectivity index (χ0v) is 16.9. The van der Waals surface area contributed by atoms with Crippen molar-refractivity contribution in [1.82, 2.24) is 14.5 Å². The summed E-state index contributed by atoms with van der Waals surface area (Å²) in [6.07, 6.45) is 2.39. The van der Waals surface area contributed by atoms with Crippen LogP contribution in [0.3, 0.4) is 0 Å². The minimum Gasteiger partial charge on any atom is -0.497 e. The lowest BCUT2D eigenvalue weighted by Crippen LogP contribution is -2.49. The molecule has 1 saturated heterocycles. The molecule has 1 aliphatic heterocycles. The number of nitrogens with zero attached hydrogens (tertiary/aromatic N) is 4. The maximum absolute atomic E-state index is 13.1. The zero-order valence-electron chi connectivity index (χ0n) is 16.0. The van der Waals surface area contributed by atoms with Crippen LogP contribution >= 0.6 is 0 Å². The first-order valence-electron chi connectivity index (χ1n) is 9.33. The van der Waals surface area contributed by atoms with Crippen molar-refractivity contribution in [2.45, 2.75) is 23.7 Å². The van der Waals surface area contributed by atoms with Crippen molar-refractivity contribution >= 4 is 15.8 Å². The van der Waals surface area contributed by atoms with Gasteiger partial charge in [-0.15, -0.1) is 5.10 Å². The van der Waals surface area contributed by atoms with E-state index in [0.717, 1.165) is 11.5 Å². The Morgan fingerprint density at radius 2 is 1.57 bits per heavy atom. The Hall–Kier alpha value is -2.39. The maximum Gasteiger partial charge on any atom is 0.243 e. The Morgan fingerprint density at radius 3 is 2.07 bits per heavy atom. The average Bonchev–Trinajstić information content (AvgIpc) is 3.59. The number of piperazine rings is 1. The summed E-state index contributed by atoms with van der Waals surface area (Å²) in [6, 6.07) is 8.71. The van der Waals surface area contributed by atoms with Gasteiger partial charge in [0.1, 0.15) is 11.5 Å². The van der Waals surface area contributed by atoms with Crippen LogP contribution in [0.5, 0.6) is 11.5 Å². The summed E-state index contributed by atoms with van der Waals surface area (Å²) in [6.45, 7) is 1.90. The van der Waals surface area contributed by atoms with Gasteiger partial charge in [0.15, 0.2) is 5.82 Å². The molecule has 1 aromatic heterocycles. The minimum atomic E-state index is -3.63. The van der Waals surface area contributed by atoms with E-state index < -0.39 is 10.0 Å². The molecule has 2 aliphatic rings. The smallest absolute Gasteiger partial charge is 0.243 e. The highest BCUT2D eigenvalue weighted by molar-refractivity contribution is 7.89. The van der Waals surface area contributed by atoms with Crippen molar-refractivity contribution in [3.63, 3.8) is 0 Å². The van der Waals surface area contributed by atoms with Gasteiger partial charge in [-0.3, -0.25) is 0 Å². The number of rotatable bonds is 6. The molecular formula is C19H24N4O4S. The first kappa shape index (κ1) is 18.9. The largest absolute Gasteiger partial charge is 0.497 e. The Bertz CT molecular complexity index is 915. The third-order valence-corrected chi connectivity index (χ3v) is 7.07. The first-order chi connectivity index (χ1) is 13.5. The normalized spacial score (nSPS) is 18.1. The van der Waals surface area contributed by atoms with Crippen LogP contribution in [-0.4, -0.2) is 63.3 Å². The van der Waals surface area contributed by atoms with E-state index >= 15 is 0 Å². The molecule has 150 valence electrons. The number of aromatic nitrogens is 2. The van der Waals surface area contributed by atoms with Crippen molar-refractivity contribution in [2.24, 2.45) is 0 Å². The zero-order chi connectivity index (χ0) is 19.7. The van der Waals surface area contributed by atoms with E-state index in [1.165, 1.54) is 43.5 Å². The van der Waals surface area contributed by atoms with Crippen molar-refractivity contribution in [3.8, 4) is 11.5 Å². The van der Waals surface area contributed by atoms with Gasteiger partial charge in [0, 0.05) is 50.3 Å². The number of anilines is 1. The molecule has 0 N–H and O–H groups in total. The number of benzene rings is 1. The second-order valence-corrected chi connectivity index (χ2v) is 8.97. The van der Waals surface area contributed by atoms with Gasteiger partial charge in [0.25, 0.3) is 0 Å². The minimum absolute atomic E-state index is 0.172. The van der Waals surface area contributed by atoms with Gasteiger partial charge in [-0.1, -0.05) is 0 Å². The van der Waals surface area contributed by atoms with Gasteiger partial charge in [-0.25, -0.2) is 8.42 Å². The Labute approximate surface area is 165 Å². The van der Waals surface area contributed by atoms with Crippen molar-refractivity contribution in [2.75, 3.05) is 45.3 Å². The Balaban J connectivity index is 1.46. The van der Waals surface area contributed by atoms with Gasteiger partial charge in [0.05, 0.1) is 24.8 Å². The topological polar surface area (TPSA) is 84.9 Å². The molecule has 0 bridgehead atoms. The van der Waals surface area contributed by atoms with E-state index in [0.29, 0.717) is 43.6 Å². The SMILES string of the molecule is COc1cc(OC)cc(S(=O)(=O)N2CCN(c3ccc(C4CC4)nn3)CC2)c1. The molecule has 9 heteroatoms. The van der Waals surface area contributed by atoms with Crippen molar-refractivity contribution in [1.29, 1.82) is 0 Å². The standard InChI is InChI=1S/C19H24N4O4S/c1-26-15-11-16(27-2)13-17(12-15)28(24,25)23-9-7-22(8-10-23)19-6-5-18(20-21-19)14-3-4-14/h5-6,11-14H,3-4,7-10H2,1-2H3. The van der Waals surface area contributed by atoms with E-state index in [2.05, 4.69) is 15.1 Å². The summed E-state index contributed by atoms with van der Waals surface area (Å²) < 4.78 is 38.0. The fraction of sp³-hybridized carbons (Fsp3) is 0.474. The number of hydrogen-bond acceptors (Lipinski definition) is 7. The molecular weight excluding hydrogens is 380 g/mol. The fourth-order valence-corrected chi connectivity index (χ4v) is 4.81. The molecule has 2 fully saturated rings. The first-order valence-corrected chi connectivity index (χ1v) is 10.8. The van der Waals surface area contributed by atoms with Crippen LogP contribution in [0.1, 0.15) is 24.5 Å². The molecule has 1 saturated carbocycles. The van der Waals surface area contributed by atoms with Crippen LogP contribution < -0.4 is 14.4 Å². The van der Waals surface area contributed by atoms with E-state index in [1.807, 2.05) is 12.1 Å². The lowest BCUT2D eigenvalue weighted by Gasteiger charge is -2.34. The van der Waals surface area contributed by atoms with Crippen LogP contribution in [-0.2, 0) is 10.0 Å². The Kier molecular flexibility index (Phi) is 5.11. The molecule has 4 rings (SSSR count). The third-order valence-electron chi connectivity index (χ3n) is 5.19. The molecule has 1 aliphatic carbocycles. The molecule has 8 nitrogen and oxygen atoms in total. The van der Waals surface area contributed by atoms with Gasteiger partial charge in [-0.05, 0) is 25.0 Å². The van der Waals surface area contributed by atoms with E-state index in [4.69, 9.17) is 9.47 Å². The van der Waals surface area contributed by atoms with E-state index in [-0.39, 0.29) is 4.90 Å². The molecule has 2 aromatic rings. The predicted octanol–water partition coefficient (Wildman–Crippen LogP) is 1.88. The summed E-state index contributed by atoms with van der Waals surface area (Å²) in [4.78, 5) is 2.24. The van der Waals surface area contributed by atoms with Crippen LogP contribution in [0.15, 0.2) is 35.2 Å². The van der Waals surface area contributed by atoms with E-state index in [9.17, 15) is 8.42 Å². The predicted molar refractivity (Wildman–Crippen MR) is 105 cm³/mol.